The molecule has 194 valence electrons. The SMILES string of the molecule is COc1ccc([C@@H](Cc2cccc(C(F)(F)F)c2)NC[C@@H](O)c2ccc(O)c(NS(C)(=O)=O)c2)cc1. The standard InChI is InChI=1S/C25H27F3N2O5S/c1-35-20-9-6-17(7-10-20)21(13-16-4-3-5-19(12-16)25(26,27)28)29-15-24(32)18-8-11-23(31)22(14-18)30-36(2,33)34/h3-12,14,21,24,29-32H,13,15H2,1-2H3/t21-,24-/m1/s1. The third kappa shape index (κ3) is 7.61. The van der Waals surface area contributed by atoms with Gasteiger partial charge in [0.25, 0.3) is 0 Å². The second kappa shape index (κ2) is 11.2. The Hall–Kier alpha value is -3.28. The van der Waals surface area contributed by atoms with Crippen molar-refractivity contribution in [1.82, 2.24) is 5.32 Å². The van der Waals surface area contributed by atoms with Crippen LogP contribution in [0, 0.1) is 0 Å². The summed E-state index contributed by atoms with van der Waals surface area (Å²) < 4.78 is 70.0. The Bertz CT molecular complexity index is 1280. The van der Waals surface area contributed by atoms with Gasteiger partial charge in [-0.15, -0.1) is 0 Å². The van der Waals surface area contributed by atoms with E-state index >= 15 is 0 Å². The van der Waals surface area contributed by atoms with Gasteiger partial charge in [0.15, 0.2) is 0 Å². The van der Waals surface area contributed by atoms with Crippen molar-refractivity contribution >= 4 is 15.7 Å². The number of rotatable bonds is 10. The Kier molecular flexibility index (Phi) is 8.49. The first-order chi connectivity index (χ1) is 16.9. The van der Waals surface area contributed by atoms with Crippen molar-refractivity contribution in [2.24, 2.45) is 0 Å². The van der Waals surface area contributed by atoms with Crippen molar-refractivity contribution in [1.29, 1.82) is 0 Å². The molecule has 0 bridgehead atoms. The molecule has 0 radical (unpaired) electrons. The van der Waals surface area contributed by atoms with Crippen LogP contribution in [0.4, 0.5) is 18.9 Å². The van der Waals surface area contributed by atoms with E-state index in [0.717, 1.165) is 24.0 Å². The van der Waals surface area contributed by atoms with Gasteiger partial charge in [-0.05, 0) is 53.4 Å². The van der Waals surface area contributed by atoms with Crippen LogP contribution in [0.1, 0.15) is 34.4 Å². The van der Waals surface area contributed by atoms with E-state index in [4.69, 9.17) is 4.74 Å². The van der Waals surface area contributed by atoms with Gasteiger partial charge >= 0.3 is 6.18 Å². The number of anilines is 1. The van der Waals surface area contributed by atoms with Gasteiger partial charge in [0.2, 0.25) is 10.0 Å². The van der Waals surface area contributed by atoms with Crippen molar-refractivity contribution < 1.29 is 36.5 Å². The van der Waals surface area contributed by atoms with Crippen molar-refractivity contribution in [2.75, 3.05) is 24.6 Å². The number of phenols is 1. The lowest BCUT2D eigenvalue weighted by Gasteiger charge is -2.23. The number of aliphatic hydroxyl groups excluding tert-OH is 1. The molecule has 0 unspecified atom stereocenters. The van der Waals surface area contributed by atoms with Crippen molar-refractivity contribution in [3.05, 3.63) is 89.0 Å². The highest BCUT2D eigenvalue weighted by Crippen LogP contribution is 2.31. The Morgan fingerprint density at radius 1 is 1.00 bits per heavy atom. The van der Waals surface area contributed by atoms with Gasteiger partial charge in [0.05, 0.1) is 30.7 Å². The number of hydrogen-bond acceptors (Lipinski definition) is 6. The van der Waals surface area contributed by atoms with Crippen LogP contribution in [-0.4, -0.2) is 38.5 Å². The van der Waals surface area contributed by atoms with E-state index in [9.17, 15) is 31.8 Å². The second-order valence-electron chi connectivity index (χ2n) is 8.30. The lowest BCUT2D eigenvalue weighted by molar-refractivity contribution is -0.137. The van der Waals surface area contributed by atoms with E-state index in [1.807, 2.05) is 0 Å². The van der Waals surface area contributed by atoms with Gasteiger partial charge in [-0.3, -0.25) is 4.72 Å². The van der Waals surface area contributed by atoms with Crippen LogP contribution in [0.2, 0.25) is 0 Å². The Morgan fingerprint density at radius 3 is 2.28 bits per heavy atom. The zero-order valence-corrected chi connectivity index (χ0v) is 20.4. The fourth-order valence-corrected chi connectivity index (χ4v) is 4.23. The highest BCUT2D eigenvalue weighted by Gasteiger charge is 2.30. The number of phenolic OH excluding ortho intramolecular Hbond substituents is 1. The molecule has 3 aromatic carbocycles. The Morgan fingerprint density at radius 2 is 1.67 bits per heavy atom. The first kappa shape index (κ1) is 27.3. The van der Waals surface area contributed by atoms with Crippen LogP contribution in [0.5, 0.6) is 11.5 Å². The van der Waals surface area contributed by atoms with E-state index in [-0.39, 0.29) is 24.4 Å². The minimum Gasteiger partial charge on any atom is -0.506 e. The summed E-state index contributed by atoms with van der Waals surface area (Å²) in [5.74, 6) is 0.316. The van der Waals surface area contributed by atoms with Gasteiger partial charge in [-0.25, -0.2) is 8.42 Å². The summed E-state index contributed by atoms with van der Waals surface area (Å²) in [6, 6.07) is 15.7. The molecular formula is C25H27F3N2O5S. The maximum atomic E-state index is 13.2. The summed E-state index contributed by atoms with van der Waals surface area (Å²) in [4.78, 5) is 0. The average molecular weight is 525 g/mol. The second-order valence-corrected chi connectivity index (χ2v) is 10.1. The first-order valence-electron chi connectivity index (χ1n) is 10.9. The minimum absolute atomic E-state index is 0.00124. The summed E-state index contributed by atoms with van der Waals surface area (Å²) in [6.45, 7) is -0.00124. The third-order valence-corrected chi connectivity index (χ3v) is 6.06. The number of aromatic hydroxyl groups is 1. The molecule has 3 rings (SSSR count). The molecule has 4 N–H and O–H groups in total. The van der Waals surface area contributed by atoms with Crippen molar-refractivity contribution in [2.45, 2.75) is 24.7 Å². The highest BCUT2D eigenvalue weighted by molar-refractivity contribution is 7.92. The van der Waals surface area contributed by atoms with Crippen LogP contribution in [0.15, 0.2) is 66.7 Å². The van der Waals surface area contributed by atoms with Gasteiger partial charge in [0, 0.05) is 12.6 Å². The van der Waals surface area contributed by atoms with Crippen molar-refractivity contribution in [3.8, 4) is 11.5 Å². The van der Waals surface area contributed by atoms with Gasteiger partial charge in [-0.2, -0.15) is 13.2 Å². The molecule has 0 saturated carbocycles. The molecule has 0 aromatic heterocycles. The Balaban J connectivity index is 1.82. The lowest BCUT2D eigenvalue weighted by atomic mass is 9.97. The van der Waals surface area contributed by atoms with Crippen LogP contribution < -0.4 is 14.8 Å². The van der Waals surface area contributed by atoms with E-state index in [0.29, 0.717) is 16.9 Å². The molecule has 0 spiro atoms. The zero-order valence-electron chi connectivity index (χ0n) is 19.6. The monoisotopic (exact) mass is 524 g/mol. The summed E-state index contributed by atoms with van der Waals surface area (Å²) in [6.07, 6.45) is -4.43. The summed E-state index contributed by atoms with van der Waals surface area (Å²) in [5, 5.41) is 23.8. The molecule has 0 fully saturated rings. The average Bonchev–Trinajstić information content (AvgIpc) is 2.82. The quantitative estimate of drug-likeness (QED) is 0.293. The number of aliphatic hydroxyl groups is 1. The maximum Gasteiger partial charge on any atom is 0.416 e. The third-order valence-electron chi connectivity index (χ3n) is 5.47. The molecule has 36 heavy (non-hydrogen) atoms. The number of methoxy groups -OCH3 is 1. The molecule has 0 aliphatic heterocycles. The van der Waals surface area contributed by atoms with Crippen LogP contribution in [0.25, 0.3) is 0 Å². The minimum atomic E-state index is -4.47. The van der Waals surface area contributed by atoms with Crippen LogP contribution >= 0.6 is 0 Å². The van der Waals surface area contributed by atoms with Crippen LogP contribution in [-0.2, 0) is 22.6 Å². The molecular weight excluding hydrogens is 497 g/mol. The smallest absolute Gasteiger partial charge is 0.416 e. The van der Waals surface area contributed by atoms with E-state index in [1.54, 1.807) is 30.3 Å². The molecule has 2 atom stereocenters. The molecule has 0 aliphatic rings. The molecule has 3 aromatic rings. The van der Waals surface area contributed by atoms with Gasteiger partial charge in [0.1, 0.15) is 11.5 Å². The number of benzene rings is 3. The molecule has 7 nitrogen and oxygen atoms in total. The fraction of sp³-hybridized carbons (Fsp3) is 0.280. The van der Waals surface area contributed by atoms with Gasteiger partial charge in [-0.1, -0.05) is 36.4 Å². The van der Waals surface area contributed by atoms with Gasteiger partial charge < -0.3 is 20.3 Å². The number of hydrogen-bond donors (Lipinski definition) is 4. The summed E-state index contributed by atoms with van der Waals surface area (Å²) in [5.41, 5.74) is 0.731. The van der Waals surface area contributed by atoms with E-state index in [1.165, 1.54) is 31.4 Å². The maximum absolute atomic E-state index is 13.2. The summed E-state index contributed by atoms with van der Waals surface area (Å²) in [7, 11) is -2.13. The Labute approximate surface area is 207 Å². The highest BCUT2D eigenvalue weighted by atomic mass is 32.2. The molecule has 0 heterocycles. The topological polar surface area (TPSA) is 108 Å². The summed E-state index contributed by atoms with van der Waals surface area (Å²) >= 11 is 0. The number of sulfonamides is 1. The predicted molar refractivity (Wildman–Crippen MR) is 130 cm³/mol. The fourth-order valence-electron chi connectivity index (χ4n) is 3.67. The van der Waals surface area contributed by atoms with Crippen molar-refractivity contribution in [3.63, 3.8) is 0 Å². The largest absolute Gasteiger partial charge is 0.506 e. The lowest BCUT2D eigenvalue weighted by Crippen LogP contribution is -2.28. The van der Waals surface area contributed by atoms with E-state index in [2.05, 4.69) is 10.0 Å². The number of nitrogens with one attached hydrogen (secondary N) is 2. The normalized spacial score (nSPS) is 13.7. The molecule has 0 aliphatic carbocycles. The molecule has 0 amide bonds. The molecule has 11 heteroatoms. The number of alkyl halides is 3. The zero-order chi connectivity index (χ0) is 26.5. The van der Waals surface area contributed by atoms with E-state index < -0.39 is 33.9 Å². The number of ether oxygens (including phenoxy) is 1. The molecule has 0 saturated heterocycles. The predicted octanol–water partition coefficient (Wildman–Crippen LogP) is 4.40. The number of halogens is 3. The van der Waals surface area contributed by atoms with Crippen LogP contribution in [0.3, 0.4) is 0 Å². The first-order valence-corrected chi connectivity index (χ1v) is 12.8.